The first-order chi connectivity index (χ1) is 28.8. The van der Waals surface area contributed by atoms with E-state index in [4.69, 9.17) is 21.4 Å². The number of benzene rings is 2. The number of rotatable bonds is 13. The monoisotopic (exact) mass is 868 g/mol. The molecule has 0 bridgehead atoms. The summed E-state index contributed by atoms with van der Waals surface area (Å²) in [6, 6.07) is 12.2. The van der Waals surface area contributed by atoms with Gasteiger partial charge in [-0.25, -0.2) is 28.0 Å². The van der Waals surface area contributed by atoms with Gasteiger partial charge in [0, 0.05) is 53.7 Å². The quantitative estimate of drug-likeness (QED) is 0.0345. The van der Waals surface area contributed by atoms with E-state index in [0.29, 0.717) is 18.0 Å². The summed E-state index contributed by atoms with van der Waals surface area (Å²) >= 11 is 6.25. The number of imidazole rings is 2. The van der Waals surface area contributed by atoms with Gasteiger partial charge in [-0.05, 0) is 61.0 Å². The number of halogens is 5. The molecular weight excluding hydrogens is 828 g/mol. The molecule has 0 unspecified atom stereocenters. The van der Waals surface area contributed by atoms with Crippen LogP contribution in [0.1, 0.15) is 40.5 Å². The van der Waals surface area contributed by atoms with Crippen LogP contribution in [0.25, 0.3) is 22.5 Å². The number of esters is 1. The van der Waals surface area contributed by atoms with Crippen LogP contribution in [0.5, 0.6) is 0 Å². The highest BCUT2D eigenvalue weighted by molar-refractivity contribution is 6.33. The lowest BCUT2D eigenvalue weighted by Crippen LogP contribution is -2.15. The van der Waals surface area contributed by atoms with Gasteiger partial charge >= 0.3 is 23.3 Å². The number of carboxylic acid groups (broad SMARTS) is 1. The summed E-state index contributed by atoms with van der Waals surface area (Å²) in [6.45, 7) is 2.28. The molecule has 0 aliphatic carbocycles. The maximum atomic E-state index is 14.8. The van der Waals surface area contributed by atoms with Gasteiger partial charge < -0.3 is 30.3 Å². The van der Waals surface area contributed by atoms with Gasteiger partial charge in [0.1, 0.15) is 11.6 Å². The van der Waals surface area contributed by atoms with Crippen LogP contribution >= 0.6 is 11.6 Å². The van der Waals surface area contributed by atoms with Crippen molar-refractivity contribution in [2.45, 2.75) is 19.8 Å². The van der Waals surface area contributed by atoms with Crippen LogP contribution in [0, 0.1) is 23.5 Å². The lowest BCUT2D eigenvalue weighted by atomic mass is 10.1. The number of H-pyrrole nitrogens is 2. The minimum Gasteiger partial charge on any atom is -0.478 e. The van der Waals surface area contributed by atoms with E-state index in [1.54, 1.807) is 6.07 Å². The number of nitrogens with zero attached hydrogens (tertiary/aromatic N) is 6. The molecule has 16 nitrogen and oxygen atoms in total. The summed E-state index contributed by atoms with van der Waals surface area (Å²) < 4.78 is 65.7. The maximum absolute atomic E-state index is 14.8. The molecule has 0 radical (unpaired) electrons. The fourth-order valence-corrected chi connectivity index (χ4v) is 6.11. The number of carbonyl (C=O) groups is 2. The number of unbranched alkanes of at least 4 members (excludes halogenated alkanes) is 1. The number of aromatic amines is 2. The van der Waals surface area contributed by atoms with Crippen molar-refractivity contribution in [3.05, 3.63) is 115 Å². The van der Waals surface area contributed by atoms with E-state index in [-0.39, 0.29) is 61.9 Å². The van der Waals surface area contributed by atoms with E-state index < -0.39 is 46.8 Å². The first-order valence-electron chi connectivity index (χ1n) is 18.3. The second kappa shape index (κ2) is 18.9. The van der Waals surface area contributed by atoms with Crippen LogP contribution in [0.2, 0.25) is 5.02 Å². The molecular formula is C40H41ClF4N10O6. The molecule has 21 heteroatoms. The Morgan fingerprint density at radius 1 is 0.770 bits per heavy atom. The topological polar surface area (TPSA) is 195 Å². The fourth-order valence-electron chi connectivity index (χ4n) is 5.85. The Balaban J connectivity index is 0.000000234. The highest BCUT2D eigenvalue weighted by Crippen LogP contribution is 2.34. The number of carbonyl (C=O) groups excluding carboxylic acids is 1. The minimum atomic E-state index is -1.08. The molecule has 322 valence electrons. The molecule has 2 aromatic carbocycles. The first-order valence-corrected chi connectivity index (χ1v) is 18.7. The lowest BCUT2D eigenvalue weighted by molar-refractivity contribution is 0.0499. The molecule has 0 amide bonds. The first kappa shape index (κ1) is 45.0. The van der Waals surface area contributed by atoms with Crippen molar-refractivity contribution in [3.63, 3.8) is 0 Å². The Morgan fingerprint density at radius 3 is 1.66 bits per heavy atom. The van der Waals surface area contributed by atoms with Gasteiger partial charge in [-0.3, -0.25) is 19.1 Å². The second-order valence-corrected chi connectivity index (χ2v) is 14.2. The molecule has 0 saturated carbocycles. The minimum absolute atomic E-state index is 0.0633. The largest absolute Gasteiger partial charge is 0.478 e. The Bertz CT molecular complexity index is 2710. The van der Waals surface area contributed by atoms with Crippen LogP contribution in [0.3, 0.4) is 0 Å². The molecule has 0 aliphatic rings. The van der Waals surface area contributed by atoms with Gasteiger partial charge in [0.2, 0.25) is 11.9 Å². The lowest BCUT2D eigenvalue weighted by Gasteiger charge is -2.15. The number of hydrogen-bond donors (Lipinski definition) is 5. The summed E-state index contributed by atoms with van der Waals surface area (Å²) in [5.74, 6) is -5.10. The predicted molar refractivity (Wildman–Crippen MR) is 224 cm³/mol. The smallest absolute Gasteiger partial charge is 0.339 e. The van der Waals surface area contributed by atoms with Crippen LogP contribution in [-0.4, -0.2) is 80.9 Å². The average molecular weight is 869 g/mol. The van der Waals surface area contributed by atoms with Gasteiger partial charge in [0.15, 0.2) is 23.3 Å². The number of aromatic nitrogens is 6. The summed E-state index contributed by atoms with van der Waals surface area (Å²) in [5.41, 5.74) is -0.228. The van der Waals surface area contributed by atoms with E-state index in [1.165, 1.54) is 88.5 Å². The Hall–Kier alpha value is -7.09. The summed E-state index contributed by atoms with van der Waals surface area (Å²) in [7, 11) is 8.96. The highest BCUT2D eigenvalue weighted by Gasteiger charge is 2.24. The van der Waals surface area contributed by atoms with E-state index >= 15 is 0 Å². The number of anilines is 6. The fraction of sp³-hybridized carbons (Fsp3) is 0.250. The van der Waals surface area contributed by atoms with Crippen LogP contribution in [-0.2, 0) is 18.8 Å². The second-order valence-electron chi connectivity index (χ2n) is 13.8. The normalized spacial score (nSPS) is 10.8. The Morgan fingerprint density at radius 2 is 1.23 bits per heavy atom. The average Bonchev–Trinajstić information content (AvgIpc) is 3.63. The Labute approximate surface area is 350 Å². The van der Waals surface area contributed by atoms with Gasteiger partial charge in [-0.15, -0.1) is 0 Å². The van der Waals surface area contributed by atoms with Gasteiger partial charge in [0.05, 0.1) is 45.3 Å². The molecule has 4 aromatic heterocycles. The van der Waals surface area contributed by atoms with Crippen molar-refractivity contribution in [1.82, 2.24) is 29.1 Å². The third kappa shape index (κ3) is 10.0. The van der Waals surface area contributed by atoms with Gasteiger partial charge in [-0.1, -0.05) is 24.9 Å². The van der Waals surface area contributed by atoms with Gasteiger partial charge in [0.25, 0.3) is 0 Å². The zero-order valence-electron chi connectivity index (χ0n) is 33.9. The Kier molecular flexibility index (Phi) is 13.9. The standard InChI is InChI=1S/C22H24ClF2N5O3.C18H17F2N5O3/c1-5-6-9-33-21(31)13-8-7-12(10-15(13)23)26-19-17(30(4)22(32)28-19)14-11-16(24)20(29(2)3)27-18(14)25;1-24(2)16-12(19)8-11(14(20)22-16)13-15(23-18(28)25(13)3)21-10-6-4-9(5-7-10)17(26)27/h7-8,10-11,26H,5-6,9H2,1-4H3,(H,28,32);4-8,21H,1-3H3,(H,23,28)(H,26,27). The summed E-state index contributed by atoms with van der Waals surface area (Å²) in [4.78, 5) is 62.6. The molecule has 0 atom stereocenters. The number of pyridine rings is 2. The molecule has 0 fully saturated rings. The van der Waals surface area contributed by atoms with Crippen molar-refractivity contribution < 1.29 is 37.0 Å². The molecule has 61 heavy (non-hydrogen) atoms. The molecule has 0 spiro atoms. The van der Waals surface area contributed by atoms with Crippen LogP contribution < -0.4 is 31.8 Å². The van der Waals surface area contributed by atoms with Crippen molar-refractivity contribution in [3.8, 4) is 22.5 Å². The third-order valence-electron chi connectivity index (χ3n) is 8.99. The molecule has 6 rings (SSSR count). The van der Waals surface area contributed by atoms with Crippen molar-refractivity contribution >= 4 is 58.2 Å². The zero-order chi connectivity index (χ0) is 44.9. The molecule has 6 aromatic rings. The van der Waals surface area contributed by atoms with Crippen LogP contribution in [0.15, 0.2) is 64.2 Å². The number of ether oxygens (including phenoxy) is 1. The molecule has 0 saturated heterocycles. The number of carboxylic acids is 1. The third-order valence-corrected chi connectivity index (χ3v) is 9.30. The number of nitrogens with one attached hydrogen (secondary N) is 4. The van der Waals surface area contributed by atoms with Crippen molar-refractivity contribution in [1.29, 1.82) is 0 Å². The summed E-state index contributed by atoms with van der Waals surface area (Å²) in [6.07, 6.45) is 1.63. The predicted octanol–water partition coefficient (Wildman–Crippen LogP) is 7.03. The SMILES string of the molecule is CCCCOC(=O)c1ccc(Nc2[nH]c(=O)n(C)c2-c2cc(F)c(N(C)C)nc2F)cc1Cl.CN(C)c1nc(F)c(-c2c(Nc3ccc(C(=O)O)cc3)[nH]c(=O)n2C)cc1F. The number of hydrogen-bond acceptors (Lipinski definition) is 11. The van der Waals surface area contributed by atoms with E-state index in [2.05, 4.69) is 30.6 Å². The molecule has 4 heterocycles. The van der Waals surface area contributed by atoms with E-state index in [1.807, 2.05) is 6.92 Å². The van der Waals surface area contributed by atoms with Crippen molar-refractivity contribution in [2.24, 2.45) is 14.1 Å². The van der Waals surface area contributed by atoms with Gasteiger partial charge in [-0.2, -0.15) is 18.7 Å². The maximum Gasteiger partial charge on any atom is 0.339 e. The van der Waals surface area contributed by atoms with Crippen molar-refractivity contribution in [2.75, 3.05) is 55.2 Å². The van der Waals surface area contributed by atoms with Crippen LogP contribution in [0.4, 0.5) is 52.2 Å². The number of aromatic carboxylic acids is 1. The summed E-state index contributed by atoms with van der Waals surface area (Å²) in [5, 5.41) is 14.9. The van der Waals surface area contributed by atoms with E-state index in [0.717, 1.165) is 34.1 Å². The zero-order valence-corrected chi connectivity index (χ0v) is 34.6. The van der Waals surface area contributed by atoms with E-state index in [9.17, 15) is 36.7 Å². The highest BCUT2D eigenvalue weighted by atomic mass is 35.5. The molecule has 5 N–H and O–H groups in total. The molecule has 0 aliphatic heterocycles.